The van der Waals surface area contributed by atoms with Gasteiger partial charge in [0, 0.05) is 99.6 Å². The van der Waals surface area contributed by atoms with Crippen molar-refractivity contribution < 1.29 is 20.4 Å². The maximum Gasteiger partial charge on any atom is 0.102 e. The summed E-state index contributed by atoms with van der Waals surface area (Å²) in [5.74, 6) is 0. The molecule has 12 aromatic carbocycles. The van der Waals surface area contributed by atoms with E-state index >= 15 is 0 Å². The Balaban J connectivity index is 0.000000153. The maximum atomic E-state index is 2.28. The van der Waals surface area contributed by atoms with Crippen LogP contribution in [-0.2, 0) is 20.4 Å². The molecule has 12 aromatic rings. The van der Waals surface area contributed by atoms with Gasteiger partial charge in [0.2, 0.25) is 0 Å². The van der Waals surface area contributed by atoms with Crippen LogP contribution in [0.5, 0.6) is 0 Å². The van der Waals surface area contributed by atoms with Gasteiger partial charge in [-0.1, -0.05) is 146 Å². The number of anilines is 4. The normalized spacial score (nSPS) is 10.6. The quantitative estimate of drug-likeness (QED) is 0.0706. The number of rotatable bonds is 16. The van der Waals surface area contributed by atoms with E-state index < -0.39 is 31.7 Å². The molecule has 0 amide bonds. The van der Waals surface area contributed by atoms with Crippen molar-refractivity contribution in [3.63, 3.8) is 0 Å². The van der Waals surface area contributed by atoms with Gasteiger partial charge in [-0.2, -0.15) is 0 Å². The molecule has 4 nitrogen and oxygen atoms in total. The summed E-state index contributed by atoms with van der Waals surface area (Å²) in [6.07, 6.45) is 0. The predicted octanol–water partition coefficient (Wildman–Crippen LogP) is 13.0. The van der Waals surface area contributed by atoms with Crippen molar-refractivity contribution in [3.05, 3.63) is 340 Å². The third-order valence-corrected chi connectivity index (χ3v) is 26.1. The van der Waals surface area contributed by atoms with Crippen LogP contribution in [0, 0.1) is 0 Å². The maximum absolute atomic E-state index is 2.28. The number of hydrogen-bond donors (Lipinski definition) is 0. The van der Waals surface area contributed by atoms with Crippen molar-refractivity contribution in [2.45, 2.75) is 0 Å². The summed E-state index contributed by atoms with van der Waals surface area (Å²) in [5, 5.41) is 17.1. The molecule has 0 N–H and O–H groups in total. The van der Waals surface area contributed by atoms with Crippen LogP contribution in [0.25, 0.3) is 0 Å². The van der Waals surface area contributed by atoms with Crippen molar-refractivity contribution in [1.82, 2.24) is 0 Å². The van der Waals surface area contributed by atoms with E-state index in [1.165, 1.54) is 86.4 Å². The summed E-state index contributed by atoms with van der Waals surface area (Å²) in [4.78, 5) is 8.56. The van der Waals surface area contributed by atoms with Crippen molar-refractivity contribution in [2.75, 3.05) is 76.0 Å². The summed E-state index contributed by atoms with van der Waals surface area (Å²) in [6.45, 7) is 0. The zero-order chi connectivity index (χ0) is 61.5. The fourth-order valence-electron chi connectivity index (χ4n) is 10.5. The van der Waals surface area contributed by atoms with Gasteiger partial charge in [-0.25, -0.2) is 0 Å². The Morgan fingerprint density at radius 2 is 0.247 bits per heavy atom. The van der Waals surface area contributed by atoms with E-state index in [2.05, 4.69) is 416 Å². The summed E-state index contributed by atoms with van der Waals surface area (Å²) in [6, 6.07) is 123. The molecule has 0 aliphatic rings. The Labute approximate surface area is 550 Å². The Morgan fingerprint density at radius 3 is 0.348 bits per heavy atom. The van der Waals surface area contributed by atoms with Crippen molar-refractivity contribution in [2.24, 2.45) is 0 Å². The molecule has 0 atom stereocenters. The molecule has 0 saturated heterocycles. The molecule has 0 saturated carbocycles. The second kappa shape index (κ2) is 34.8. The van der Waals surface area contributed by atoms with Gasteiger partial charge in [-0.3, -0.25) is 0 Å². The van der Waals surface area contributed by atoms with Crippen LogP contribution >= 0.6 is 31.7 Å². The molecular formula is C80H84N4P4Pd+4. The predicted molar refractivity (Wildman–Crippen MR) is 403 cm³/mol. The van der Waals surface area contributed by atoms with Crippen LogP contribution < -0.4 is 83.3 Å². The third-order valence-electron chi connectivity index (χ3n) is 15.2. The van der Waals surface area contributed by atoms with Gasteiger partial charge in [-0.05, 0) is 194 Å². The Bertz CT molecular complexity index is 3190. The van der Waals surface area contributed by atoms with Gasteiger partial charge >= 0.3 is 0 Å². The monoisotopic (exact) mass is 1330 g/mol. The largest absolute Gasteiger partial charge is 0.378 e. The van der Waals surface area contributed by atoms with Crippen molar-refractivity contribution >= 4 is 118 Å². The first-order chi connectivity index (χ1) is 43.0. The molecule has 0 radical (unpaired) electrons. The summed E-state index contributed by atoms with van der Waals surface area (Å²) in [5.41, 5.74) is 4.97. The molecule has 0 heterocycles. The Morgan fingerprint density at radius 1 is 0.146 bits per heavy atom. The second-order valence-electron chi connectivity index (χ2n) is 22.2. The van der Waals surface area contributed by atoms with Crippen LogP contribution in [-0.4, -0.2) is 56.4 Å². The molecular weight excluding hydrogens is 1250 g/mol. The smallest absolute Gasteiger partial charge is 0.102 e. The molecule has 0 aliphatic heterocycles. The number of hydrogen-bond acceptors (Lipinski definition) is 4. The van der Waals surface area contributed by atoms with Crippen LogP contribution in [0.1, 0.15) is 0 Å². The molecule has 12 rings (SSSR count). The number of nitrogens with zero attached hydrogens (tertiary/aromatic N) is 4. The molecule has 9 heteroatoms. The van der Waals surface area contributed by atoms with Crippen LogP contribution in [0.2, 0.25) is 0 Å². The molecule has 0 bridgehead atoms. The van der Waals surface area contributed by atoms with Gasteiger partial charge in [0.05, 0.1) is 31.7 Å². The van der Waals surface area contributed by atoms with Gasteiger partial charge in [0.25, 0.3) is 0 Å². The molecule has 0 unspecified atom stereocenters. The first-order valence-electron chi connectivity index (χ1n) is 30.0. The zero-order valence-electron chi connectivity index (χ0n) is 52.4. The Kier molecular flexibility index (Phi) is 26.3. The van der Waals surface area contributed by atoms with Gasteiger partial charge in [0.1, 0.15) is 63.7 Å². The van der Waals surface area contributed by atoms with Gasteiger partial charge < -0.3 is 19.6 Å². The van der Waals surface area contributed by atoms with Crippen molar-refractivity contribution in [1.29, 1.82) is 0 Å². The minimum Gasteiger partial charge on any atom is -0.378 e. The van der Waals surface area contributed by atoms with E-state index in [0.29, 0.717) is 0 Å². The molecule has 0 spiro atoms. The topological polar surface area (TPSA) is 13.0 Å². The zero-order valence-corrected chi connectivity index (χ0v) is 58.0. The van der Waals surface area contributed by atoms with Crippen LogP contribution in [0.4, 0.5) is 22.7 Å². The minimum absolute atomic E-state index is 0. The summed E-state index contributed by atoms with van der Waals surface area (Å²) in [7, 11) is 12.9. The molecule has 0 aliphatic carbocycles. The third kappa shape index (κ3) is 19.1. The van der Waals surface area contributed by atoms with E-state index in [-0.39, 0.29) is 20.4 Å². The van der Waals surface area contributed by atoms with Gasteiger partial charge in [0.15, 0.2) is 0 Å². The first-order valence-corrected chi connectivity index (χ1v) is 36.0. The standard InChI is InChI=1S/4C20H20NP.Pd/c4*1-21(2)17-13-15-20(16-14-17)22(18-9-5-3-6-10-18)19-11-7-4-8-12-19;/h4*3-16H,1-2H3;/p+4. The van der Waals surface area contributed by atoms with E-state index in [1.54, 1.807) is 0 Å². The minimum atomic E-state index is -0.938. The summed E-state index contributed by atoms with van der Waals surface area (Å²) >= 11 is 0. The van der Waals surface area contributed by atoms with E-state index in [1.807, 2.05) is 0 Å². The van der Waals surface area contributed by atoms with E-state index in [0.717, 1.165) is 0 Å². The molecule has 0 fully saturated rings. The Hall–Kier alpha value is -7.78. The molecule has 89 heavy (non-hydrogen) atoms. The van der Waals surface area contributed by atoms with Gasteiger partial charge in [-0.15, -0.1) is 0 Å². The summed E-state index contributed by atoms with van der Waals surface area (Å²) < 4.78 is 0. The fourth-order valence-corrected chi connectivity index (χ4v) is 20.7. The molecule has 450 valence electrons. The van der Waals surface area contributed by atoms with Crippen LogP contribution in [0.3, 0.4) is 0 Å². The molecule has 0 aromatic heterocycles. The average molecular weight is 1330 g/mol. The average Bonchev–Trinajstić information content (AvgIpc) is 2.72. The fraction of sp³-hybridized carbons (Fsp3) is 0.100. The number of benzene rings is 12. The second-order valence-corrected chi connectivity index (χ2v) is 32.1. The van der Waals surface area contributed by atoms with E-state index in [4.69, 9.17) is 0 Å². The SMILES string of the molecule is CN(C)c1ccc([PH+](c2ccccc2)c2ccccc2)cc1.CN(C)c1ccc([PH+](c2ccccc2)c2ccccc2)cc1.CN(C)c1ccc([PH+](c2ccccc2)c2ccccc2)cc1.CN(C)c1ccc([PH+](c2ccccc2)c2ccccc2)cc1.[Pd]. The first kappa shape index (κ1) is 67.2. The van der Waals surface area contributed by atoms with Crippen molar-refractivity contribution in [3.8, 4) is 0 Å². The van der Waals surface area contributed by atoms with E-state index in [9.17, 15) is 0 Å². The van der Waals surface area contributed by atoms with Crippen LogP contribution in [0.15, 0.2) is 340 Å².